The number of aromatic nitrogens is 1. The van der Waals surface area contributed by atoms with Crippen LogP contribution in [-0.4, -0.2) is 58.7 Å². The van der Waals surface area contributed by atoms with E-state index in [9.17, 15) is 14.7 Å². The second-order valence-corrected chi connectivity index (χ2v) is 8.36. The Morgan fingerprint density at radius 1 is 1.27 bits per heavy atom. The number of pyridine rings is 1. The molecule has 1 saturated heterocycles. The fraction of sp³-hybridized carbons (Fsp3) is 0.700. The van der Waals surface area contributed by atoms with Crippen molar-refractivity contribution in [2.45, 2.75) is 44.3 Å². The molecule has 1 aromatic rings. The lowest BCUT2D eigenvalue weighted by Gasteiger charge is -2.39. The smallest absolute Gasteiger partial charge is 0.250 e. The number of hydrogen-bond donors (Lipinski definition) is 1. The normalized spacial score (nSPS) is 31.2. The van der Waals surface area contributed by atoms with Gasteiger partial charge in [-0.2, -0.15) is 0 Å². The van der Waals surface area contributed by atoms with Crippen molar-refractivity contribution in [2.24, 2.45) is 17.8 Å². The van der Waals surface area contributed by atoms with Crippen molar-refractivity contribution >= 4 is 5.91 Å². The molecule has 3 heterocycles. The Morgan fingerprint density at radius 3 is 2.65 bits per heavy atom. The third kappa shape index (κ3) is 2.70. The summed E-state index contributed by atoms with van der Waals surface area (Å²) in [5.41, 5.74) is 0.926. The van der Waals surface area contributed by atoms with E-state index < -0.39 is 0 Å². The van der Waals surface area contributed by atoms with Crippen LogP contribution in [0.25, 0.3) is 0 Å². The average Bonchev–Trinajstić information content (AvgIpc) is 3.19. The van der Waals surface area contributed by atoms with Crippen LogP contribution in [0.15, 0.2) is 23.0 Å². The van der Waals surface area contributed by atoms with E-state index in [0.29, 0.717) is 12.5 Å². The summed E-state index contributed by atoms with van der Waals surface area (Å²) in [5.74, 6) is 0.291. The van der Waals surface area contributed by atoms with E-state index in [1.54, 1.807) is 31.1 Å². The van der Waals surface area contributed by atoms with Crippen molar-refractivity contribution in [1.82, 2.24) is 14.4 Å². The lowest BCUT2D eigenvalue weighted by atomic mass is 9.86. The second kappa shape index (κ2) is 6.82. The Hall–Kier alpha value is -1.66. The molecule has 1 aliphatic carbocycles. The van der Waals surface area contributed by atoms with Gasteiger partial charge in [0.15, 0.2) is 0 Å². The molecule has 0 unspecified atom stereocenters. The summed E-state index contributed by atoms with van der Waals surface area (Å²) < 4.78 is 1.83. The number of amides is 1. The molecule has 3 aliphatic rings. The number of rotatable bonds is 4. The maximum atomic E-state index is 13.0. The Bertz CT molecular complexity index is 738. The molecule has 1 saturated carbocycles. The van der Waals surface area contributed by atoms with Crippen LogP contribution < -0.4 is 5.56 Å². The van der Waals surface area contributed by atoms with Gasteiger partial charge in [0, 0.05) is 57.5 Å². The van der Waals surface area contributed by atoms with Gasteiger partial charge in [-0.05, 0) is 24.8 Å². The molecular weight excluding hydrogens is 330 g/mol. The molecule has 1 N–H and O–H groups in total. The van der Waals surface area contributed by atoms with Gasteiger partial charge in [-0.1, -0.05) is 18.9 Å². The zero-order valence-corrected chi connectivity index (χ0v) is 15.7. The summed E-state index contributed by atoms with van der Waals surface area (Å²) in [7, 11) is 3.55. The number of fused-ring (bicyclic) bond motifs is 4. The minimum absolute atomic E-state index is 0.00680. The molecular formula is C20H29N3O3. The van der Waals surface area contributed by atoms with Gasteiger partial charge in [-0.3, -0.25) is 14.5 Å². The van der Waals surface area contributed by atoms with Crippen LogP contribution in [0.1, 0.15) is 37.4 Å². The van der Waals surface area contributed by atoms with Crippen molar-refractivity contribution in [3.63, 3.8) is 0 Å². The van der Waals surface area contributed by atoms with E-state index in [-0.39, 0.29) is 42.0 Å². The van der Waals surface area contributed by atoms with Gasteiger partial charge in [0.2, 0.25) is 5.91 Å². The first-order valence-electron chi connectivity index (χ1n) is 9.80. The number of nitrogens with zero attached hydrogens (tertiary/aromatic N) is 3. The monoisotopic (exact) mass is 359 g/mol. The van der Waals surface area contributed by atoms with Crippen molar-refractivity contribution < 1.29 is 9.90 Å². The first kappa shape index (κ1) is 17.7. The zero-order valence-electron chi connectivity index (χ0n) is 15.7. The largest absolute Gasteiger partial charge is 0.396 e. The molecule has 26 heavy (non-hydrogen) atoms. The molecule has 2 aliphatic heterocycles. The van der Waals surface area contributed by atoms with Gasteiger partial charge in [-0.25, -0.2) is 0 Å². The Kier molecular flexibility index (Phi) is 4.65. The lowest BCUT2D eigenvalue weighted by molar-refractivity contribution is -0.135. The van der Waals surface area contributed by atoms with E-state index in [1.165, 1.54) is 25.7 Å². The molecule has 0 aromatic carbocycles. The van der Waals surface area contributed by atoms with Crippen LogP contribution in [0.4, 0.5) is 0 Å². The van der Waals surface area contributed by atoms with Crippen LogP contribution in [0, 0.1) is 17.8 Å². The number of aliphatic hydroxyl groups is 1. The molecule has 4 atom stereocenters. The van der Waals surface area contributed by atoms with E-state index in [1.807, 2.05) is 10.6 Å². The molecule has 142 valence electrons. The van der Waals surface area contributed by atoms with Gasteiger partial charge in [0.05, 0.1) is 12.0 Å². The highest BCUT2D eigenvalue weighted by molar-refractivity contribution is 5.80. The third-order valence-corrected chi connectivity index (χ3v) is 6.72. The number of hydrogen-bond acceptors (Lipinski definition) is 4. The molecule has 6 nitrogen and oxygen atoms in total. The topological polar surface area (TPSA) is 65.8 Å². The first-order chi connectivity index (χ1) is 12.5. The number of aliphatic hydroxyl groups excluding tert-OH is 1. The molecule has 2 bridgehead atoms. The molecule has 0 spiro atoms. The highest BCUT2D eigenvalue weighted by atomic mass is 16.3. The van der Waals surface area contributed by atoms with Crippen LogP contribution in [-0.2, 0) is 11.3 Å². The van der Waals surface area contributed by atoms with Gasteiger partial charge < -0.3 is 14.6 Å². The zero-order chi connectivity index (χ0) is 18.4. The van der Waals surface area contributed by atoms with Crippen LogP contribution in [0.5, 0.6) is 0 Å². The predicted octanol–water partition coefficient (Wildman–Crippen LogP) is 1.09. The summed E-state index contributed by atoms with van der Waals surface area (Å²) in [4.78, 5) is 29.5. The van der Waals surface area contributed by atoms with Gasteiger partial charge >= 0.3 is 0 Å². The predicted molar refractivity (Wildman–Crippen MR) is 98.7 cm³/mol. The average molecular weight is 359 g/mol. The summed E-state index contributed by atoms with van der Waals surface area (Å²) in [6, 6.07) is 5.31. The molecule has 1 aromatic heterocycles. The minimum atomic E-state index is -0.294. The first-order valence-corrected chi connectivity index (χ1v) is 9.80. The van der Waals surface area contributed by atoms with Crippen LogP contribution in [0.3, 0.4) is 0 Å². The third-order valence-electron chi connectivity index (χ3n) is 6.72. The van der Waals surface area contributed by atoms with E-state index >= 15 is 0 Å². The maximum absolute atomic E-state index is 13.0. The summed E-state index contributed by atoms with van der Waals surface area (Å²) in [6.45, 7) is 1.52. The van der Waals surface area contributed by atoms with Crippen LogP contribution >= 0.6 is 0 Å². The van der Waals surface area contributed by atoms with Crippen molar-refractivity contribution in [3.8, 4) is 0 Å². The fourth-order valence-electron chi connectivity index (χ4n) is 5.49. The molecule has 0 radical (unpaired) electrons. The van der Waals surface area contributed by atoms with Gasteiger partial charge in [-0.15, -0.1) is 0 Å². The highest BCUT2D eigenvalue weighted by Gasteiger charge is 2.56. The van der Waals surface area contributed by atoms with Crippen molar-refractivity contribution in [1.29, 1.82) is 0 Å². The number of carbonyl (C=O) groups is 1. The maximum Gasteiger partial charge on any atom is 0.250 e. The van der Waals surface area contributed by atoms with E-state index in [0.717, 1.165) is 12.2 Å². The van der Waals surface area contributed by atoms with Crippen molar-refractivity contribution in [2.75, 3.05) is 27.2 Å². The summed E-state index contributed by atoms with van der Waals surface area (Å²) >= 11 is 0. The minimum Gasteiger partial charge on any atom is -0.396 e. The van der Waals surface area contributed by atoms with Crippen molar-refractivity contribution in [3.05, 3.63) is 34.2 Å². The van der Waals surface area contributed by atoms with E-state index in [2.05, 4.69) is 4.90 Å². The highest BCUT2D eigenvalue weighted by Crippen LogP contribution is 2.49. The Labute approximate surface area is 154 Å². The van der Waals surface area contributed by atoms with Gasteiger partial charge in [0.25, 0.3) is 5.56 Å². The van der Waals surface area contributed by atoms with Gasteiger partial charge in [0.1, 0.15) is 0 Å². The molecule has 2 fully saturated rings. The molecule has 1 amide bonds. The summed E-state index contributed by atoms with van der Waals surface area (Å²) in [5, 5.41) is 10.2. The Balaban J connectivity index is 1.78. The SMILES string of the molecule is CN(C)C(=O)[C@H]1[C@H](CO)[C@H]2Cn3c(cccc3=O)[C@@H]1N2CC1CCCC1. The fourth-order valence-corrected chi connectivity index (χ4v) is 5.49. The molecule has 4 rings (SSSR count). The quantitative estimate of drug-likeness (QED) is 0.874. The Morgan fingerprint density at radius 2 is 2.00 bits per heavy atom. The lowest BCUT2D eigenvalue weighted by Crippen LogP contribution is -2.47. The van der Waals surface area contributed by atoms with Crippen LogP contribution in [0.2, 0.25) is 0 Å². The van der Waals surface area contributed by atoms with E-state index in [4.69, 9.17) is 0 Å². The molecule has 6 heteroatoms. The second-order valence-electron chi connectivity index (χ2n) is 8.36. The standard InChI is InChI=1S/C20H29N3O3/c1-21(2)20(26)18-14(12-24)16-11-22-15(8-5-9-17(22)25)19(18)23(16)10-13-6-3-4-7-13/h5,8-9,13-14,16,18-19,24H,3-4,6-7,10-12H2,1-2H3/t14-,16-,18+,19+/m1/s1. The number of carbonyl (C=O) groups excluding carboxylic acids is 1. The summed E-state index contributed by atoms with van der Waals surface area (Å²) in [6.07, 6.45) is 5.06.